The molecule has 0 unspecified atom stereocenters. The minimum atomic E-state index is -0.344. The van der Waals surface area contributed by atoms with E-state index in [1.807, 2.05) is 43.7 Å². The lowest BCUT2D eigenvalue weighted by molar-refractivity contribution is -0.134. The van der Waals surface area contributed by atoms with Crippen LogP contribution in [0.4, 0.5) is 0 Å². The van der Waals surface area contributed by atoms with Crippen LogP contribution < -0.4 is 4.74 Å². The highest BCUT2D eigenvalue weighted by molar-refractivity contribution is 7.08. The molecule has 3 aromatic rings. The summed E-state index contributed by atoms with van der Waals surface area (Å²) in [6.07, 6.45) is 0.490. The SMILES string of the molecule is Cc1cc(OC(=O)CCc2nc(-c3ccsc3)no2)c(C(C)C)cc1Cl. The van der Waals surface area contributed by atoms with Crippen LogP contribution >= 0.6 is 22.9 Å². The van der Waals surface area contributed by atoms with Crippen molar-refractivity contribution >= 4 is 28.9 Å². The number of carbonyl (C=O) groups is 1. The Morgan fingerprint density at radius 1 is 1.38 bits per heavy atom. The molecule has 0 saturated carbocycles. The summed E-state index contributed by atoms with van der Waals surface area (Å²) in [5.41, 5.74) is 2.69. The lowest BCUT2D eigenvalue weighted by Crippen LogP contribution is -2.11. The number of hydrogen-bond donors (Lipinski definition) is 0. The van der Waals surface area contributed by atoms with Gasteiger partial charge in [0.25, 0.3) is 0 Å². The molecule has 0 atom stereocenters. The zero-order chi connectivity index (χ0) is 18.7. The largest absolute Gasteiger partial charge is 0.426 e. The van der Waals surface area contributed by atoms with E-state index in [1.54, 1.807) is 17.4 Å². The van der Waals surface area contributed by atoms with Gasteiger partial charge < -0.3 is 9.26 Å². The topological polar surface area (TPSA) is 65.2 Å². The van der Waals surface area contributed by atoms with E-state index < -0.39 is 0 Å². The van der Waals surface area contributed by atoms with E-state index in [4.69, 9.17) is 20.9 Å². The van der Waals surface area contributed by atoms with Gasteiger partial charge in [-0.15, -0.1) is 0 Å². The number of ether oxygens (including phenoxy) is 1. The van der Waals surface area contributed by atoms with E-state index in [2.05, 4.69) is 10.1 Å². The predicted octanol–water partition coefficient (Wildman–Crippen LogP) is 5.42. The van der Waals surface area contributed by atoms with Crippen molar-refractivity contribution in [2.24, 2.45) is 0 Å². The lowest BCUT2D eigenvalue weighted by atomic mass is 10.0. The molecule has 3 rings (SSSR count). The first kappa shape index (κ1) is 18.6. The summed E-state index contributed by atoms with van der Waals surface area (Å²) in [5.74, 6) is 1.35. The first-order chi connectivity index (χ1) is 12.4. The molecule has 26 heavy (non-hydrogen) atoms. The monoisotopic (exact) mass is 390 g/mol. The van der Waals surface area contributed by atoms with Gasteiger partial charge in [0.15, 0.2) is 0 Å². The Kier molecular flexibility index (Phi) is 5.74. The molecule has 0 amide bonds. The van der Waals surface area contributed by atoms with Gasteiger partial charge in [-0.2, -0.15) is 16.3 Å². The molecule has 1 aromatic carbocycles. The summed E-state index contributed by atoms with van der Waals surface area (Å²) >= 11 is 7.75. The average molecular weight is 391 g/mol. The molecule has 5 nitrogen and oxygen atoms in total. The number of nitrogens with zero attached hydrogens (tertiary/aromatic N) is 2. The fraction of sp³-hybridized carbons (Fsp3) is 0.316. The van der Waals surface area contributed by atoms with E-state index >= 15 is 0 Å². The van der Waals surface area contributed by atoms with Crippen LogP contribution in [0.2, 0.25) is 5.02 Å². The van der Waals surface area contributed by atoms with Crippen LogP contribution in [0, 0.1) is 6.92 Å². The highest BCUT2D eigenvalue weighted by Gasteiger charge is 2.16. The zero-order valence-electron chi connectivity index (χ0n) is 14.8. The summed E-state index contributed by atoms with van der Waals surface area (Å²) in [5, 5.41) is 8.49. The van der Waals surface area contributed by atoms with Gasteiger partial charge >= 0.3 is 5.97 Å². The molecule has 0 bridgehead atoms. The second-order valence-electron chi connectivity index (χ2n) is 6.29. The molecule has 2 aromatic heterocycles. The smallest absolute Gasteiger partial charge is 0.311 e. The van der Waals surface area contributed by atoms with Crippen molar-refractivity contribution in [3.63, 3.8) is 0 Å². The summed E-state index contributed by atoms with van der Waals surface area (Å²) in [7, 11) is 0. The molecule has 136 valence electrons. The fourth-order valence-electron chi connectivity index (χ4n) is 2.46. The Hall–Kier alpha value is -2.18. The van der Waals surface area contributed by atoms with Gasteiger partial charge in [0.1, 0.15) is 5.75 Å². The average Bonchev–Trinajstić information content (AvgIpc) is 3.26. The molecule has 0 spiro atoms. The van der Waals surface area contributed by atoms with Gasteiger partial charge in [-0.25, -0.2) is 0 Å². The van der Waals surface area contributed by atoms with E-state index in [9.17, 15) is 4.79 Å². The van der Waals surface area contributed by atoms with Crippen molar-refractivity contribution in [3.05, 3.63) is 51.0 Å². The molecule has 2 heterocycles. The Balaban J connectivity index is 1.64. The quantitative estimate of drug-likeness (QED) is 0.415. The van der Waals surface area contributed by atoms with Gasteiger partial charge in [0.05, 0.1) is 6.42 Å². The van der Waals surface area contributed by atoms with Crippen LogP contribution in [0.1, 0.15) is 43.2 Å². The maximum atomic E-state index is 12.2. The Labute approximate surface area is 161 Å². The minimum Gasteiger partial charge on any atom is -0.426 e. The van der Waals surface area contributed by atoms with Crippen LogP contribution in [0.3, 0.4) is 0 Å². The molecular formula is C19H19ClN2O3S. The summed E-state index contributed by atoms with van der Waals surface area (Å²) in [4.78, 5) is 16.6. The number of esters is 1. The van der Waals surface area contributed by atoms with Crippen molar-refractivity contribution in [1.29, 1.82) is 0 Å². The number of aryl methyl sites for hydroxylation is 2. The summed E-state index contributed by atoms with van der Waals surface area (Å²) < 4.78 is 10.8. The van der Waals surface area contributed by atoms with Crippen LogP contribution in [0.15, 0.2) is 33.5 Å². The van der Waals surface area contributed by atoms with E-state index in [0.717, 1.165) is 16.7 Å². The molecule has 0 fully saturated rings. The molecular weight excluding hydrogens is 372 g/mol. The zero-order valence-corrected chi connectivity index (χ0v) is 16.4. The van der Waals surface area contributed by atoms with E-state index in [-0.39, 0.29) is 18.3 Å². The third-order valence-electron chi connectivity index (χ3n) is 3.93. The highest BCUT2D eigenvalue weighted by Crippen LogP contribution is 2.32. The van der Waals surface area contributed by atoms with Crippen molar-refractivity contribution in [1.82, 2.24) is 10.1 Å². The van der Waals surface area contributed by atoms with Gasteiger partial charge in [0.2, 0.25) is 11.7 Å². The van der Waals surface area contributed by atoms with E-state index in [0.29, 0.717) is 28.9 Å². The number of halogens is 1. The third-order valence-corrected chi connectivity index (χ3v) is 5.02. The highest BCUT2D eigenvalue weighted by atomic mass is 35.5. The molecule has 0 radical (unpaired) electrons. The predicted molar refractivity (Wildman–Crippen MR) is 102 cm³/mol. The maximum absolute atomic E-state index is 12.2. The van der Waals surface area contributed by atoms with Crippen molar-refractivity contribution in [2.45, 2.75) is 39.5 Å². The number of thiophene rings is 1. The lowest BCUT2D eigenvalue weighted by Gasteiger charge is -2.14. The second-order valence-corrected chi connectivity index (χ2v) is 7.48. The molecule has 0 aliphatic heterocycles. The molecule has 0 N–H and O–H groups in total. The Morgan fingerprint density at radius 3 is 2.88 bits per heavy atom. The van der Waals surface area contributed by atoms with Crippen LogP contribution in [-0.2, 0) is 11.2 Å². The van der Waals surface area contributed by atoms with Gasteiger partial charge in [-0.1, -0.05) is 30.6 Å². The van der Waals surface area contributed by atoms with Crippen molar-refractivity contribution < 1.29 is 14.1 Å². The number of benzene rings is 1. The van der Waals surface area contributed by atoms with Crippen molar-refractivity contribution in [3.8, 4) is 17.1 Å². The number of aromatic nitrogens is 2. The van der Waals surface area contributed by atoms with Crippen LogP contribution in [-0.4, -0.2) is 16.1 Å². The van der Waals surface area contributed by atoms with Gasteiger partial charge in [-0.05, 0) is 47.5 Å². The fourth-order valence-corrected chi connectivity index (χ4v) is 3.26. The maximum Gasteiger partial charge on any atom is 0.311 e. The first-order valence-corrected chi connectivity index (χ1v) is 9.62. The molecule has 0 aliphatic carbocycles. The summed E-state index contributed by atoms with van der Waals surface area (Å²) in [6, 6.07) is 5.58. The third kappa shape index (κ3) is 4.31. The Bertz CT molecular complexity index is 904. The van der Waals surface area contributed by atoms with Crippen LogP contribution in [0.25, 0.3) is 11.4 Å². The standard InChI is InChI=1S/C19H19ClN2O3S/c1-11(2)14-9-15(20)12(3)8-16(14)24-18(23)5-4-17-21-19(22-25-17)13-6-7-26-10-13/h6-11H,4-5H2,1-3H3. The Morgan fingerprint density at radius 2 is 2.19 bits per heavy atom. The van der Waals surface area contributed by atoms with Crippen molar-refractivity contribution in [2.75, 3.05) is 0 Å². The number of hydrogen-bond acceptors (Lipinski definition) is 6. The van der Waals surface area contributed by atoms with Gasteiger partial charge in [-0.3, -0.25) is 4.79 Å². The minimum absolute atomic E-state index is 0.157. The van der Waals surface area contributed by atoms with Gasteiger partial charge in [0, 0.05) is 22.4 Å². The summed E-state index contributed by atoms with van der Waals surface area (Å²) in [6.45, 7) is 5.94. The number of rotatable bonds is 6. The molecule has 0 saturated heterocycles. The molecule has 0 aliphatic rings. The van der Waals surface area contributed by atoms with Crippen LogP contribution in [0.5, 0.6) is 5.75 Å². The molecule has 7 heteroatoms. The number of carbonyl (C=O) groups excluding carboxylic acids is 1. The normalized spacial score (nSPS) is 11.1. The first-order valence-electron chi connectivity index (χ1n) is 8.30. The second kappa shape index (κ2) is 8.01. The van der Waals surface area contributed by atoms with E-state index in [1.165, 1.54) is 0 Å².